The van der Waals surface area contributed by atoms with E-state index in [4.69, 9.17) is 4.42 Å². The van der Waals surface area contributed by atoms with Crippen molar-refractivity contribution >= 4 is 24.2 Å². The summed E-state index contributed by atoms with van der Waals surface area (Å²) >= 11 is 0. The summed E-state index contributed by atoms with van der Waals surface area (Å²) in [7, 11) is 1.96. The number of carbonyl (C=O) groups is 2. The van der Waals surface area contributed by atoms with Crippen molar-refractivity contribution < 1.29 is 14.0 Å². The average molecular weight is 356 g/mol. The van der Waals surface area contributed by atoms with E-state index >= 15 is 0 Å². The van der Waals surface area contributed by atoms with Crippen LogP contribution in [-0.4, -0.2) is 60.9 Å². The molecule has 134 valence electrons. The quantitative estimate of drug-likeness (QED) is 0.897. The zero-order valence-corrected chi connectivity index (χ0v) is 14.9. The van der Waals surface area contributed by atoms with Crippen molar-refractivity contribution in [3.63, 3.8) is 0 Å². The van der Waals surface area contributed by atoms with Gasteiger partial charge in [0.2, 0.25) is 5.91 Å². The molecule has 1 aromatic rings. The van der Waals surface area contributed by atoms with Crippen LogP contribution in [-0.2, 0) is 4.79 Å². The predicted molar refractivity (Wildman–Crippen MR) is 93.2 cm³/mol. The Morgan fingerprint density at radius 2 is 1.92 bits per heavy atom. The van der Waals surface area contributed by atoms with Gasteiger partial charge in [0.25, 0.3) is 5.91 Å². The summed E-state index contributed by atoms with van der Waals surface area (Å²) in [6.07, 6.45) is 6.70. The largest absolute Gasteiger partial charge is 0.472 e. The number of likely N-dealkylation sites (N-methyl/N-ethyl adjacent to an activating group) is 1. The lowest BCUT2D eigenvalue weighted by Gasteiger charge is -2.37. The van der Waals surface area contributed by atoms with Gasteiger partial charge in [-0.05, 0) is 38.8 Å². The molecule has 1 unspecified atom stereocenters. The summed E-state index contributed by atoms with van der Waals surface area (Å²) < 4.78 is 4.97. The molecule has 2 aliphatic heterocycles. The molecule has 24 heavy (non-hydrogen) atoms. The maximum absolute atomic E-state index is 12.7. The number of hydrogen-bond acceptors (Lipinski definition) is 4. The molecule has 0 aromatic carbocycles. The van der Waals surface area contributed by atoms with Crippen molar-refractivity contribution in [1.82, 2.24) is 15.1 Å². The molecule has 0 saturated carbocycles. The monoisotopic (exact) mass is 355 g/mol. The van der Waals surface area contributed by atoms with Crippen molar-refractivity contribution in [2.45, 2.75) is 31.7 Å². The van der Waals surface area contributed by atoms with E-state index in [1.165, 1.54) is 12.5 Å². The van der Waals surface area contributed by atoms with Crippen LogP contribution in [0, 0.1) is 5.92 Å². The molecule has 6 nitrogen and oxygen atoms in total. The number of amides is 2. The standard InChI is InChI=1S/C17H25N3O3.ClH/c1-18-15-3-2-7-20(11-15)16(21)13-4-8-19(9-5-13)17(22)14-6-10-23-12-14;/h6,10,12-13,15,18H,2-5,7-9,11H2,1H3;1H. The molecule has 2 fully saturated rings. The number of halogens is 1. The Bertz CT molecular complexity index is 541. The molecule has 3 heterocycles. The van der Waals surface area contributed by atoms with Crippen LogP contribution in [0.25, 0.3) is 0 Å². The summed E-state index contributed by atoms with van der Waals surface area (Å²) in [6, 6.07) is 2.10. The number of nitrogens with zero attached hydrogens (tertiary/aromatic N) is 2. The van der Waals surface area contributed by atoms with Crippen LogP contribution in [0.2, 0.25) is 0 Å². The second-order valence-corrected chi connectivity index (χ2v) is 6.49. The van der Waals surface area contributed by atoms with E-state index in [0.717, 1.165) is 38.8 Å². The molecule has 1 atom stereocenters. The van der Waals surface area contributed by atoms with Crippen molar-refractivity contribution in [3.8, 4) is 0 Å². The fraction of sp³-hybridized carbons (Fsp3) is 0.647. The lowest BCUT2D eigenvalue weighted by molar-refractivity contribution is -0.138. The molecule has 1 N–H and O–H groups in total. The highest BCUT2D eigenvalue weighted by molar-refractivity contribution is 5.94. The van der Waals surface area contributed by atoms with Gasteiger partial charge in [-0.15, -0.1) is 12.4 Å². The SMILES string of the molecule is CNC1CCCN(C(=O)C2CCN(C(=O)c3ccoc3)CC2)C1.Cl. The normalized spacial score (nSPS) is 22.1. The first-order valence-corrected chi connectivity index (χ1v) is 8.46. The van der Waals surface area contributed by atoms with E-state index < -0.39 is 0 Å². The summed E-state index contributed by atoms with van der Waals surface area (Å²) in [5.41, 5.74) is 0.586. The molecular formula is C17H26ClN3O3. The van der Waals surface area contributed by atoms with Crippen molar-refractivity contribution in [2.75, 3.05) is 33.2 Å². The Morgan fingerprint density at radius 3 is 2.54 bits per heavy atom. The highest BCUT2D eigenvalue weighted by Gasteiger charge is 2.32. The van der Waals surface area contributed by atoms with Crippen molar-refractivity contribution in [3.05, 3.63) is 24.2 Å². The van der Waals surface area contributed by atoms with Crippen LogP contribution >= 0.6 is 12.4 Å². The van der Waals surface area contributed by atoms with Gasteiger partial charge in [0.05, 0.1) is 11.8 Å². The second kappa shape index (κ2) is 8.53. The molecule has 2 saturated heterocycles. The van der Waals surface area contributed by atoms with Crippen molar-refractivity contribution in [2.24, 2.45) is 5.92 Å². The molecule has 3 rings (SSSR count). The zero-order valence-electron chi connectivity index (χ0n) is 14.1. The maximum atomic E-state index is 12.7. The van der Waals surface area contributed by atoms with Gasteiger partial charge in [-0.3, -0.25) is 9.59 Å². The topological polar surface area (TPSA) is 65.8 Å². The molecule has 0 radical (unpaired) electrons. The Hall–Kier alpha value is -1.53. The fourth-order valence-corrected chi connectivity index (χ4v) is 3.57. The lowest BCUT2D eigenvalue weighted by Crippen LogP contribution is -2.50. The first kappa shape index (κ1) is 18.8. The van der Waals surface area contributed by atoms with Gasteiger partial charge in [-0.1, -0.05) is 0 Å². The van der Waals surface area contributed by atoms with Gasteiger partial charge >= 0.3 is 0 Å². The first-order chi connectivity index (χ1) is 11.2. The molecule has 2 aliphatic rings. The Morgan fingerprint density at radius 1 is 1.17 bits per heavy atom. The minimum Gasteiger partial charge on any atom is -0.472 e. The van der Waals surface area contributed by atoms with Crippen LogP contribution in [0.15, 0.2) is 23.0 Å². The van der Waals surface area contributed by atoms with Gasteiger partial charge < -0.3 is 19.5 Å². The van der Waals surface area contributed by atoms with Gasteiger partial charge in [0.15, 0.2) is 0 Å². The third-order valence-corrected chi connectivity index (χ3v) is 5.04. The van der Waals surface area contributed by atoms with Crippen LogP contribution < -0.4 is 5.32 Å². The van der Waals surface area contributed by atoms with Crippen molar-refractivity contribution in [1.29, 1.82) is 0 Å². The summed E-state index contributed by atoms with van der Waals surface area (Å²) in [4.78, 5) is 28.8. The smallest absolute Gasteiger partial charge is 0.257 e. The Labute approximate surface area is 149 Å². The van der Waals surface area contributed by atoms with Crippen LogP contribution in [0.4, 0.5) is 0 Å². The van der Waals surface area contributed by atoms with Crippen LogP contribution in [0.3, 0.4) is 0 Å². The van der Waals surface area contributed by atoms with E-state index in [1.807, 2.05) is 16.8 Å². The molecule has 0 bridgehead atoms. The van der Waals surface area contributed by atoms with Gasteiger partial charge in [-0.2, -0.15) is 0 Å². The zero-order chi connectivity index (χ0) is 16.2. The number of nitrogens with one attached hydrogen (secondary N) is 1. The third-order valence-electron chi connectivity index (χ3n) is 5.04. The van der Waals surface area contributed by atoms with E-state index in [2.05, 4.69) is 5.32 Å². The minimum absolute atomic E-state index is 0. The molecule has 0 spiro atoms. The second-order valence-electron chi connectivity index (χ2n) is 6.49. The number of furan rings is 1. The van der Waals surface area contributed by atoms with E-state index in [1.54, 1.807) is 6.07 Å². The Kier molecular flexibility index (Phi) is 6.69. The van der Waals surface area contributed by atoms with Crippen LogP contribution in [0.1, 0.15) is 36.0 Å². The molecule has 7 heteroatoms. The summed E-state index contributed by atoms with van der Waals surface area (Å²) in [5.74, 6) is 0.317. The molecular weight excluding hydrogens is 330 g/mol. The number of carbonyl (C=O) groups excluding carboxylic acids is 2. The number of rotatable bonds is 3. The van der Waals surface area contributed by atoms with E-state index in [0.29, 0.717) is 24.7 Å². The molecule has 1 aromatic heterocycles. The van der Waals surface area contributed by atoms with Gasteiger partial charge in [-0.25, -0.2) is 0 Å². The number of likely N-dealkylation sites (tertiary alicyclic amines) is 2. The summed E-state index contributed by atoms with van der Waals surface area (Å²) in [6.45, 7) is 2.96. The van der Waals surface area contributed by atoms with E-state index in [-0.39, 0.29) is 30.1 Å². The highest BCUT2D eigenvalue weighted by Crippen LogP contribution is 2.23. The molecule has 2 amide bonds. The van der Waals surface area contributed by atoms with E-state index in [9.17, 15) is 9.59 Å². The number of hydrogen-bond donors (Lipinski definition) is 1. The average Bonchev–Trinajstić information content (AvgIpc) is 3.15. The van der Waals surface area contributed by atoms with Gasteiger partial charge in [0.1, 0.15) is 6.26 Å². The predicted octanol–water partition coefficient (Wildman–Crippen LogP) is 1.76. The Balaban J connectivity index is 0.00000208. The third kappa shape index (κ3) is 4.11. The highest BCUT2D eigenvalue weighted by atomic mass is 35.5. The first-order valence-electron chi connectivity index (χ1n) is 8.46. The minimum atomic E-state index is -0.00197. The van der Waals surface area contributed by atoms with Gasteiger partial charge in [0, 0.05) is 38.1 Å². The lowest BCUT2D eigenvalue weighted by atomic mass is 9.93. The summed E-state index contributed by atoms with van der Waals surface area (Å²) in [5, 5.41) is 3.27. The number of piperidine rings is 2. The molecule has 0 aliphatic carbocycles. The maximum Gasteiger partial charge on any atom is 0.257 e. The van der Waals surface area contributed by atoms with Crippen LogP contribution in [0.5, 0.6) is 0 Å². The fourth-order valence-electron chi connectivity index (χ4n) is 3.57.